The molecule has 4 nitrogen and oxygen atoms in total. The molecule has 2 unspecified atom stereocenters. The van der Waals surface area contributed by atoms with Crippen molar-refractivity contribution in [3.8, 4) is 0 Å². The number of benzene rings is 1. The second-order valence-corrected chi connectivity index (χ2v) is 7.58. The van der Waals surface area contributed by atoms with Crippen LogP contribution in [0.3, 0.4) is 0 Å². The molecule has 2 N–H and O–H groups in total. The quantitative estimate of drug-likeness (QED) is 0.785. The third kappa shape index (κ3) is 1.82. The minimum absolute atomic E-state index is 0.585. The van der Waals surface area contributed by atoms with Crippen LogP contribution in [0.2, 0.25) is 0 Å². The van der Waals surface area contributed by atoms with Crippen molar-refractivity contribution in [2.75, 3.05) is 18.4 Å². The van der Waals surface area contributed by atoms with E-state index in [-0.39, 0.29) is 0 Å². The lowest BCUT2D eigenvalue weighted by Gasteiger charge is -2.30. The van der Waals surface area contributed by atoms with E-state index in [1.165, 1.54) is 21.9 Å². The van der Waals surface area contributed by atoms with Crippen molar-refractivity contribution in [3.63, 3.8) is 0 Å². The first-order valence-electron chi connectivity index (χ1n) is 7.83. The fourth-order valence-electron chi connectivity index (χ4n) is 3.79. The standard InChI is InChI=1S/C17H18N4S/c1-10-6-13-16(21-9-11-7-12(21)8-18-11)19-14-4-2-3-5-15(14)20-17(13)22-10/h2-6,11-12,18,20H,7-9H2,1H3. The van der Waals surface area contributed by atoms with E-state index in [9.17, 15) is 0 Å². The Kier molecular flexibility index (Phi) is 2.63. The van der Waals surface area contributed by atoms with E-state index in [0.717, 1.165) is 30.3 Å². The van der Waals surface area contributed by atoms with Gasteiger partial charge in [0.15, 0.2) is 0 Å². The van der Waals surface area contributed by atoms with Crippen LogP contribution in [0.25, 0.3) is 0 Å². The van der Waals surface area contributed by atoms with Gasteiger partial charge in [0.05, 0.1) is 16.9 Å². The molecule has 112 valence electrons. The van der Waals surface area contributed by atoms with Gasteiger partial charge in [-0.05, 0) is 31.5 Å². The summed E-state index contributed by atoms with van der Waals surface area (Å²) in [6.07, 6.45) is 1.24. The third-order valence-corrected chi connectivity index (χ3v) is 5.77. The highest BCUT2D eigenvalue weighted by atomic mass is 32.1. The maximum absolute atomic E-state index is 5.05. The molecule has 2 aromatic rings. The molecule has 2 bridgehead atoms. The summed E-state index contributed by atoms with van der Waals surface area (Å²) in [5, 5.41) is 8.38. The zero-order chi connectivity index (χ0) is 14.7. The molecule has 0 saturated carbocycles. The Bertz CT molecular complexity index is 779. The number of thiophene rings is 1. The fraction of sp³-hybridized carbons (Fsp3) is 0.353. The molecular formula is C17H18N4S. The lowest BCUT2D eigenvalue weighted by Crippen LogP contribution is -2.46. The van der Waals surface area contributed by atoms with Crippen molar-refractivity contribution in [2.45, 2.75) is 25.4 Å². The van der Waals surface area contributed by atoms with Crippen molar-refractivity contribution < 1.29 is 0 Å². The van der Waals surface area contributed by atoms with Gasteiger partial charge >= 0.3 is 0 Å². The SMILES string of the molecule is Cc1cc2c(s1)Nc1ccccc1N=C2N1CC2CC1CN2. The van der Waals surface area contributed by atoms with Crippen LogP contribution in [0.5, 0.6) is 0 Å². The van der Waals surface area contributed by atoms with Crippen molar-refractivity contribution in [1.29, 1.82) is 0 Å². The number of aliphatic imine (C=N–C) groups is 1. The van der Waals surface area contributed by atoms with Gasteiger partial charge in [-0.3, -0.25) is 0 Å². The van der Waals surface area contributed by atoms with Gasteiger partial charge in [-0.1, -0.05) is 12.1 Å². The topological polar surface area (TPSA) is 39.7 Å². The van der Waals surface area contributed by atoms with Crippen LogP contribution >= 0.6 is 11.3 Å². The Hall–Kier alpha value is -1.85. The van der Waals surface area contributed by atoms with Gasteiger partial charge in [-0.15, -0.1) is 11.3 Å². The van der Waals surface area contributed by atoms with E-state index in [0.29, 0.717) is 12.1 Å². The number of likely N-dealkylation sites (tertiary alicyclic amines) is 1. The van der Waals surface area contributed by atoms with Gasteiger partial charge in [0, 0.05) is 30.1 Å². The van der Waals surface area contributed by atoms with Crippen LogP contribution in [-0.2, 0) is 0 Å². The average Bonchev–Trinajstić information content (AvgIpc) is 3.20. The van der Waals surface area contributed by atoms with Crippen LogP contribution in [0, 0.1) is 6.92 Å². The molecule has 2 fully saturated rings. The molecule has 0 radical (unpaired) electrons. The molecule has 3 aliphatic heterocycles. The van der Waals surface area contributed by atoms with E-state index in [4.69, 9.17) is 4.99 Å². The number of para-hydroxylation sites is 2. The van der Waals surface area contributed by atoms with Gasteiger partial charge in [-0.25, -0.2) is 4.99 Å². The molecular weight excluding hydrogens is 292 g/mol. The molecule has 3 aliphatic rings. The lowest BCUT2D eigenvalue weighted by atomic mass is 10.2. The second-order valence-electron chi connectivity index (χ2n) is 6.32. The lowest BCUT2D eigenvalue weighted by molar-refractivity contribution is 0.345. The number of fused-ring (bicyclic) bond motifs is 4. The smallest absolute Gasteiger partial charge is 0.139 e. The Balaban J connectivity index is 1.68. The third-order valence-electron chi connectivity index (χ3n) is 4.80. The first-order chi connectivity index (χ1) is 10.8. The number of rotatable bonds is 0. The molecule has 0 aliphatic carbocycles. The zero-order valence-electron chi connectivity index (χ0n) is 12.5. The summed E-state index contributed by atoms with van der Waals surface area (Å²) >= 11 is 1.82. The molecule has 22 heavy (non-hydrogen) atoms. The summed E-state index contributed by atoms with van der Waals surface area (Å²) in [5.41, 5.74) is 3.39. The maximum Gasteiger partial charge on any atom is 0.139 e. The normalized spacial score (nSPS) is 25.3. The summed E-state index contributed by atoms with van der Waals surface area (Å²) in [4.78, 5) is 8.89. The van der Waals surface area contributed by atoms with Gasteiger partial charge in [0.25, 0.3) is 0 Å². The van der Waals surface area contributed by atoms with Gasteiger partial charge < -0.3 is 15.5 Å². The summed E-state index contributed by atoms with van der Waals surface area (Å²) in [6.45, 7) is 4.32. The minimum atomic E-state index is 0.585. The number of nitrogens with one attached hydrogen (secondary N) is 2. The monoisotopic (exact) mass is 310 g/mol. The zero-order valence-corrected chi connectivity index (χ0v) is 13.3. The van der Waals surface area contributed by atoms with Gasteiger partial charge in [0.1, 0.15) is 10.8 Å². The largest absolute Gasteiger partial charge is 0.350 e. The molecule has 2 saturated heterocycles. The van der Waals surface area contributed by atoms with Crippen LogP contribution in [-0.4, -0.2) is 35.9 Å². The number of anilines is 2. The van der Waals surface area contributed by atoms with Crippen LogP contribution < -0.4 is 10.6 Å². The molecule has 0 spiro atoms. The highest BCUT2D eigenvalue weighted by Crippen LogP contribution is 2.40. The number of nitrogens with zero attached hydrogens (tertiary/aromatic N) is 2. The van der Waals surface area contributed by atoms with Crippen LogP contribution in [0.15, 0.2) is 35.3 Å². The Labute approximate surface area is 133 Å². The van der Waals surface area contributed by atoms with Gasteiger partial charge in [-0.2, -0.15) is 0 Å². The maximum atomic E-state index is 5.05. The highest BCUT2D eigenvalue weighted by Gasteiger charge is 2.40. The van der Waals surface area contributed by atoms with Gasteiger partial charge in [0.2, 0.25) is 0 Å². The number of hydrogen-bond donors (Lipinski definition) is 2. The molecule has 0 amide bonds. The van der Waals surface area contributed by atoms with E-state index in [2.05, 4.69) is 52.8 Å². The van der Waals surface area contributed by atoms with Crippen molar-refractivity contribution in [2.24, 2.45) is 4.99 Å². The Morgan fingerprint density at radius 2 is 2.23 bits per heavy atom. The molecule has 4 heterocycles. The number of hydrogen-bond acceptors (Lipinski definition) is 5. The Morgan fingerprint density at radius 1 is 1.32 bits per heavy atom. The van der Waals surface area contributed by atoms with Crippen molar-refractivity contribution in [3.05, 3.63) is 40.8 Å². The van der Waals surface area contributed by atoms with Crippen molar-refractivity contribution in [1.82, 2.24) is 10.2 Å². The molecule has 5 heteroatoms. The minimum Gasteiger partial charge on any atom is -0.350 e. The summed E-state index contributed by atoms with van der Waals surface area (Å²) in [5.74, 6) is 1.14. The second kappa shape index (κ2) is 4.57. The molecule has 2 atom stereocenters. The van der Waals surface area contributed by atoms with E-state index in [1.807, 2.05) is 11.3 Å². The molecule has 1 aromatic carbocycles. The number of aryl methyl sites for hydroxylation is 1. The summed E-state index contributed by atoms with van der Waals surface area (Å²) in [6, 6.07) is 11.8. The van der Waals surface area contributed by atoms with E-state index >= 15 is 0 Å². The van der Waals surface area contributed by atoms with Crippen LogP contribution in [0.4, 0.5) is 16.4 Å². The predicted octanol–water partition coefficient (Wildman–Crippen LogP) is 3.24. The molecule has 1 aromatic heterocycles. The summed E-state index contributed by atoms with van der Waals surface area (Å²) < 4.78 is 0. The molecule has 5 rings (SSSR count). The fourth-order valence-corrected chi connectivity index (χ4v) is 4.71. The average molecular weight is 310 g/mol. The first kappa shape index (κ1) is 12.7. The number of amidine groups is 1. The van der Waals surface area contributed by atoms with Crippen LogP contribution in [0.1, 0.15) is 16.9 Å². The summed E-state index contributed by atoms with van der Waals surface area (Å²) in [7, 11) is 0. The van der Waals surface area contributed by atoms with Crippen molar-refractivity contribution >= 4 is 33.5 Å². The first-order valence-corrected chi connectivity index (χ1v) is 8.65. The van der Waals surface area contributed by atoms with E-state index in [1.54, 1.807) is 0 Å². The predicted molar refractivity (Wildman–Crippen MR) is 91.9 cm³/mol. The Morgan fingerprint density at radius 3 is 3.05 bits per heavy atom. The number of piperazine rings is 1. The van der Waals surface area contributed by atoms with E-state index < -0.39 is 0 Å². The highest BCUT2D eigenvalue weighted by molar-refractivity contribution is 7.16.